The molecule has 0 bridgehead atoms. The number of rotatable bonds is 6. The molecule has 0 unspecified atom stereocenters. The van der Waals surface area contributed by atoms with E-state index in [4.69, 9.17) is 0 Å². The van der Waals surface area contributed by atoms with Gasteiger partial charge in [-0.1, -0.05) is 44.7 Å². The summed E-state index contributed by atoms with van der Waals surface area (Å²) in [5.41, 5.74) is 0.780. The predicted molar refractivity (Wildman–Crippen MR) is 80.6 cm³/mol. The van der Waals surface area contributed by atoms with Crippen molar-refractivity contribution in [2.75, 3.05) is 6.61 Å². The average molecular weight is 334 g/mol. The smallest absolute Gasteiger partial charge is 0.744 e. The number of hydrogen-bond donors (Lipinski definition) is 0. The van der Waals surface area contributed by atoms with Crippen LogP contribution in [0.5, 0.6) is 0 Å². The zero-order chi connectivity index (χ0) is 16.3. The molecule has 0 saturated heterocycles. The van der Waals surface area contributed by atoms with Crippen LogP contribution in [0.3, 0.4) is 0 Å². The average Bonchev–Trinajstić information content (AvgIpc) is 2.47. The van der Waals surface area contributed by atoms with Gasteiger partial charge in [-0.25, -0.2) is 13.2 Å². The maximum Gasteiger partial charge on any atom is 1.00 e. The van der Waals surface area contributed by atoms with Gasteiger partial charge in [0.25, 0.3) is 0 Å². The fourth-order valence-electron chi connectivity index (χ4n) is 1.15. The minimum absolute atomic E-state index is 0. The molecule has 22 heavy (non-hydrogen) atoms. The molecule has 1 aromatic carbocycles. The van der Waals surface area contributed by atoms with Gasteiger partial charge in [0.1, 0.15) is 10.1 Å². The van der Waals surface area contributed by atoms with Crippen LogP contribution in [0.2, 0.25) is 0 Å². The number of carbonyl (C=O) groups is 1. The van der Waals surface area contributed by atoms with Gasteiger partial charge in [-0.3, -0.25) is 0 Å². The molecular weight excluding hydrogens is 315 g/mol. The Morgan fingerprint density at radius 1 is 1.27 bits per heavy atom. The predicted octanol–water partition coefficient (Wildman–Crippen LogP) is -0.247. The number of esters is 1. The summed E-state index contributed by atoms with van der Waals surface area (Å²) in [7, 11) is -4.31. The van der Waals surface area contributed by atoms with Gasteiger partial charge in [0.2, 0.25) is 0 Å². The van der Waals surface area contributed by atoms with Crippen LogP contribution in [0.1, 0.15) is 25.3 Å². The van der Waals surface area contributed by atoms with Crippen molar-refractivity contribution in [3.8, 4) is 0 Å². The Morgan fingerprint density at radius 2 is 1.82 bits per heavy atom. The zero-order valence-corrected chi connectivity index (χ0v) is 15.8. The summed E-state index contributed by atoms with van der Waals surface area (Å²) < 4.78 is 36.0. The van der Waals surface area contributed by atoms with Gasteiger partial charge in [0.05, 0.1) is 11.5 Å². The first-order valence-electron chi connectivity index (χ1n) is 6.32. The molecule has 0 spiro atoms. The van der Waals surface area contributed by atoms with Crippen LogP contribution in [0.15, 0.2) is 48.4 Å². The van der Waals surface area contributed by atoms with Crippen molar-refractivity contribution in [2.24, 2.45) is 0 Å². The molecule has 0 N–H and O–H groups in total. The molecule has 0 amide bonds. The number of unbranched alkanes of at least 4 members (excludes halogenated alkanes) is 1. The molecule has 0 aliphatic heterocycles. The molecule has 0 aromatic heterocycles. The molecule has 0 heterocycles. The summed E-state index contributed by atoms with van der Waals surface area (Å²) in [4.78, 5) is 10.1. The van der Waals surface area contributed by atoms with E-state index in [1.807, 2.05) is 6.92 Å². The second kappa shape index (κ2) is 12.6. The Balaban J connectivity index is 0. The first-order valence-corrected chi connectivity index (χ1v) is 7.73. The number of hydrogen-bond acceptors (Lipinski definition) is 5. The molecule has 1 rings (SSSR count). The van der Waals surface area contributed by atoms with Crippen LogP contribution in [0.25, 0.3) is 6.08 Å². The summed E-state index contributed by atoms with van der Waals surface area (Å²) in [6.45, 7) is 9.32. The van der Waals surface area contributed by atoms with Gasteiger partial charge < -0.3 is 9.29 Å². The molecule has 0 aliphatic carbocycles. The normalized spacial score (nSPS) is 9.55. The van der Waals surface area contributed by atoms with Crippen LogP contribution in [-0.4, -0.2) is 25.5 Å². The van der Waals surface area contributed by atoms with Crippen molar-refractivity contribution in [1.82, 2.24) is 0 Å². The van der Waals surface area contributed by atoms with Crippen molar-refractivity contribution in [2.45, 2.75) is 24.7 Å². The van der Waals surface area contributed by atoms with E-state index in [1.165, 1.54) is 30.3 Å². The molecular formula is C15H19NaO5S. The van der Waals surface area contributed by atoms with E-state index in [-0.39, 0.29) is 40.4 Å². The third-order valence-corrected chi connectivity index (χ3v) is 3.16. The largest absolute Gasteiger partial charge is 1.00 e. The van der Waals surface area contributed by atoms with E-state index in [0.717, 1.165) is 18.4 Å². The molecule has 0 fully saturated rings. The van der Waals surface area contributed by atoms with Crippen LogP contribution < -0.4 is 29.6 Å². The Hall–Kier alpha value is -0.920. The van der Waals surface area contributed by atoms with E-state index in [2.05, 4.69) is 17.9 Å². The van der Waals surface area contributed by atoms with E-state index in [0.29, 0.717) is 6.61 Å². The summed E-state index contributed by atoms with van der Waals surface area (Å²) in [6, 6.07) is 5.58. The quantitative estimate of drug-likeness (QED) is 0.236. The number of ether oxygens (including phenoxy) is 1. The summed E-state index contributed by atoms with van der Waals surface area (Å²) in [5.74, 6) is -0.330. The molecule has 0 aliphatic rings. The van der Waals surface area contributed by atoms with Crippen LogP contribution >= 0.6 is 0 Å². The first kappa shape index (κ1) is 23.3. The number of carbonyl (C=O) groups excluding carboxylic acids is 1. The molecule has 116 valence electrons. The fourth-order valence-corrected chi connectivity index (χ4v) is 1.62. The Labute approximate surface area is 154 Å². The van der Waals surface area contributed by atoms with Crippen LogP contribution in [-0.2, 0) is 19.6 Å². The molecule has 0 saturated carbocycles. The standard InChI is InChI=1S/C8H8O3S.C7H12O2.Na/c1-2-7-3-5-8(6-4-7)12(9,10)11;1-3-5-6-9-7(8)4-2;/h2-6H,1H2,(H,9,10,11);4H,2-3,5-6H2,1H3;/q;;+1/p-1. The van der Waals surface area contributed by atoms with Crippen molar-refractivity contribution < 1.29 is 52.1 Å². The second-order valence-electron chi connectivity index (χ2n) is 3.95. The van der Waals surface area contributed by atoms with Crippen molar-refractivity contribution in [3.63, 3.8) is 0 Å². The Morgan fingerprint density at radius 3 is 2.18 bits per heavy atom. The molecule has 0 atom stereocenters. The Kier molecular flexibility index (Phi) is 13.4. The summed E-state index contributed by atoms with van der Waals surface area (Å²) in [6.07, 6.45) is 4.72. The summed E-state index contributed by atoms with van der Waals surface area (Å²) in [5, 5.41) is 0. The van der Waals surface area contributed by atoms with Crippen molar-refractivity contribution >= 4 is 22.2 Å². The molecule has 0 radical (unpaired) electrons. The van der Waals surface area contributed by atoms with E-state index >= 15 is 0 Å². The number of benzene rings is 1. The van der Waals surface area contributed by atoms with Crippen LogP contribution in [0, 0.1) is 0 Å². The van der Waals surface area contributed by atoms with Gasteiger partial charge in [-0.05, 0) is 24.1 Å². The fraction of sp³-hybridized carbons (Fsp3) is 0.267. The second-order valence-corrected chi connectivity index (χ2v) is 5.33. The maximum atomic E-state index is 10.5. The van der Waals surface area contributed by atoms with Crippen LogP contribution in [0.4, 0.5) is 0 Å². The topological polar surface area (TPSA) is 83.5 Å². The Bertz CT molecular complexity index is 564. The maximum absolute atomic E-state index is 10.5. The van der Waals surface area contributed by atoms with Gasteiger partial charge in [-0.15, -0.1) is 0 Å². The van der Waals surface area contributed by atoms with E-state index in [9.17, 15) is 17.8 Å². The molecule has 7 heteroatoms. The zero-order valence-electron chi connectivity index (χ0n) is 12.9. The first-order chi connectivity index (χ1) is 9.85. The SMILES string of the molecule is C=CC(=O)OCCCC.C=Cc1ccc(S(=O)(=O)[O-])cc1.[Na+]. The monoisotopic (exact) mass is 334 g/mol. The van der Waals surface area contributed by atoms with Gasteiger partial charge in [0, 0.05) is 6.08 Å². The minimum Gasteiger partial charge on any atom is -0.744 e. The van der Waals surface area contributed by atoms with E-state index < -0.39 is 10.1 Å². The third-order valence-electron chi connectivity index (χ3n) is 2.31. The third kappa shape index (κ3) is 10.8. The summed E-state index contributed by atoms with van der Waals surface area (Å²) >= 11 is 0. The van der Waals surface area contributed by atoms with Gasteiger partial charge in [0.15, 0.2) is 0 Å². The van der Waals surface area contributed by atoms with Crippen molar-refractivity contribution in [1.29, 1.82) is 0 Å². The minimum atomic E-state index is -4.31. The van der Waals surface area contributed by atoms with Gasteiger partial charge in [-0.2, -0.15) is 0 Å². The van der Waals surface area contributed by atoms with E-state index in [1.54, 1.807) is 6.08 Å². The molecule has 5 nitrogen and oxygen atoms in total. The van der Waals surface area contributed by atoms with Crippen molar-refractivity contribution in [3.05, 3.63) is 49.1 Å². The molecule has 1 aromatic rings. The van der Waals surface area contributed by atoms with Gasteiger partial charge >= 0.3 is 35.5 Å².